The van der Waals surface area contributed by atoms with E-state index in [4.69, 9.17) is 14.2 Å². The van der Waals surface area contributed by atoms with Crippen LogP contribution in [0.15, 0.2) is 72.0 Å². The Bertz CT molecular complexity index is 1610. The van der Waals surface area contributed by atoms with Crippen LogP contribution in [0.5, 0.6) is 0 Å². The quantitative estimate of drug-likeness (QED) is 0.187. The van der Waals surface area contributed by atoms with Crippen molar-refractivity contribution in [2.45, 2.75) is 104 Å². The number of aliphatic hydroxyl groups is 1. The molecular weight excluding hydrogens is 689 g/mol. The van der Waals surface area contributed by atoms with Crippen LogP contribution in [0, 0.1) is 11.3 Å². The SMILES string of the molecule is CC(C)CN(CC(O)C(Cc1ccccc1)NC(=O)C(NC(=O)CNC(=O)OC1CCCC1)C(C)(C)C)S(=O)(=O)C1=COC(Cc2ccccc2)O1. The summed E-state index contributed by atoms with van der Waals surface area (Å²) in [7, 11) is -4.25. The van der Waals surface area contributed by atoms with Crippen molar-refractivity contribution in [2.24, 2.45) is 11.3 Å². The van der Waals surface area contributed by atoms with Gasteiger partial charge in [0.15, 0.2) is 0 Å². The van der Waals surface area contributed by atoms with E-state index in [9.17, 15) is 27.9 Å². The van der Waals surface area contributed by atoms with Gasteiger partial charge in [0.1, 0.15) is 25.0 Å². The normalized spacial score (nSPS) is 18.2. The monoisotopic (exact) mass is 742 g/mol. The van der Waals surface area contributed by atoms with Gasteiger partial charge in [0.05, 0.1) is 12.1 Å². The Kier molecular flexibility index (Phi) is 14.5. The molecule has 1 aliphatic carbocycles. The largest absolute Gasteiger partial charge is 0.457 e. The van der Waals surface area contributed by atoms with E-state index in [1.165, 1.54) is 0 Å². The lowest BCUT2D eigenvalue weighted by Gasteiger charge is -2.34. The van der Waals surface area contributed by atoms with Crippen LogP contribution in [-0.2, 0) is 46.7 Å². The lowest BCUT2D eigenvalue weighted by atomic mass is 9.85. The maximum Gasteiger partial charge on any atom is 0.407 e. The Labute approximate surface area is 307 Å². The molecule has 1 fully saturated rings. The molecular formula is C38H54N4O9S. The smallest absolute Gasteiger partial charge is 0.407 e. The fourth-order valence-electron chi connectivity index (χ4n) is 6.13. The third kappa shape index (κ3) is 12.2. The first-order valence-corrected chi connectivity index (χ1v) is 19.4. The Morgan fingerprint density at radius 3 is 2.15 bits per heavy atom. The lowest BCUT2D eigenvalue weighted by Crippen LogP contribution is -2.59. The number of ether oxygens (including phenoxy) is 3. The number of benzene rings is 2. The van der Waals surface area contributed by atoms with Crippen molar-refractivity contribution in [2.75, 3.05) is 19.6 Å². The predicted octanol–water partition coefficient (Wildman–Crippen LogP) is 3.98. The molecule has 2 aromatic carbocycles. The van der Waals surface area contributed by atoms with Crippen molar-refractivity contribution < 1.29 is 42.1 Å². The second-order valence-electron chi connectivity index (χ2n) is 14.9. The van der Waals surface area contributed by atoms with Gasteiger partial charge in [0, 0.05) is 19.5 Å². The molecule has 0 aromatic heterocycles. The Morgan fingerprint density at radius 2 is 1.56 bits per heavy atom. The topological polar surface area (TPSA) is 173 Å². The van der Waals surface area contributed by atoms with Gasteiger partial charge < -0.3 is 35.3 Å². The van der Waals surface area contributed by atoms with Gasteiger partial charge in [-0.25, -0.2) is 13.2 Å². The molecule has 4 rings (SSSR count). The summed E-state index contributed by atoms with van der Waals surface area (Å²) >= 11 is 0. The molecule has 0 saturated heterocycles. The minimum atomic E-state index is -4.25. The molecule has 4 atom stereocenters. The van der Waals surface area contributed by atoms with Gasteiger partial charge in [-0.2, -0.15) is 4.31 Å². The molecule has 0 spiro atoms. The van der Waals surface area contributed by atoms with Crippen molar-refractivity contribution >= 4 is 27.9 Å². The van der Waals surface area contributed by atoms with Crippen molar-refractivity contribution in [3.05, 3.63) is 83.1 Å². The van der Waals surface area contributed by atoms with Crippen LogP contribution in [0.25, 0.3) is 0 Å². The van der Waals surface area contributed by atoms with Gasteiger partial charge in [0.2, 0.25) is 18.1 Å². The molecule has 0 radical (unpaired) electrons. The Balaban J connectivity index is 1.47. The number of nitrogens with zero attached hydrogens (tertiary/aromatic N) is 1. The summed E-state index contributed by atoms with van der Waals surface area (Å²) in [6.07, 6.45) is 2.09. The highest BCUT2D eigenvalue weighted by molar-refractivity contribution is 7.92. The zero-order valence-electron chi connectivity index (χ0n) is 30.7. The van der Waals surface area contributed by atoms with Crippen molar-refractivity contribution in [1.82, 2.24) is 20.3 Å². The Hall–Kier alpha value is -4.14. The maximum atomic E-state index is 13.9. The van der Waals surface area contributed by atoms with Gasteiger partial charge in [-0.05, 0) is 54.6 Å². The molecule has 1 saturated carbocycles. The average Bonchev–Trinajstić information content (AvgIpc) is 3.79. The Morgan fingerprint density at radius 1 is 0.942 bits per heavy atom. The summed E-state index contributed by atoms with van der Waals surface area (Å²) in [6, 6.07) is 16.6. The number of sulfonamides is 1. The fraction of sp³-hybridized carbons (Fsp3) is 0.553. The van der Waals surface area contributed by atoms with Crippen LogP contribution in [-0.4, -0.2) is 86.0 Å². The number of alkyl carbamates (subject to hydrolysis) is 1. The van der Waals surface area contributed by atoms with E-state index in [2.05, 4.69) is 16.0 Å². The van der Waals surface area contributed by atoms with Gasteiger partial charge in [-0.3, -0.25) is 9.59 Å². The molecule has 2 aromatic rings. The van der Waals surface area contributed by atoms with Gasteiger partial charge >= 0.3 is 6.09 Å². The number of rotatable bonds is 17. The highest BCUT2D eigenvalue weighted by atomic mass is 32.2. The summed E-state index contributed by atoms with van der Waals surface area (Å²) in [4.78, 5) is 39.1. The van der Waals surface area contributed by atoms with E-state index < -0.39 is 64.4 Å². The summed E-state index contributed by atoms with van der Waals surface area (Å²) in [5.74, 6) is -1.28. The van der Waals surface area contributed by atoms with Crippen LogP contribution >= 0.6 is 0 Å². The number of hydrogen-bond acceptors (Lipinski definition) is 9. The second kappa shape index (κ2) is 18.6. The van der Waals surface area contributed by atoms with Crippen molar-refractivity contribution in [3.63, 3.8) is 0 Å². The molecule has 1 aliphatic heterocycles. The van der Waals surface area contributed by atoms with E-state index in [0.717, 1.165) is 47.4 Å². The van der Waals surface area contributed by atoms with E-state index in [1.54, 1.807) is 20.8 Å². The number of carbonyl (C=O) groups is 3. The van der Waals surface area contributed by atoms with Gasteiger partial charge in [0.25, 0.3) is 15.1 Å². The molecule has 3 amide bonds. The van der Waals surface area contributed by atoms with E-state index in [0.29, 0.717) is 6.42 Å². The number of hydrogen-bond donors (Lipinski definition) is 4. The summed E-state index contributed by atoms with van der Waals surface area (Å²) in [5.41, 5.74) is 0.934. The minimum absolute atomic E-state index is 0.0618. The maximum absolute atomic E-state index is 13.9. The first kappa shape index (κ1) is 40.6. The molecule has 2 aliphatic rings. The molecule has 0 bridgehead atoms. The van der Waals surface area contributed by atoms with Crippen LogP contribution in [0.4, 0.5) is 4.79 Å². The zero-order chi connectivity index (χ0) is 37.9. The van der Waals surface area contributed by atoms with E-state index >= 15 is 0 Å². The third-order valence-corrected chi connectivity index (χ3v) is 10.5. The van der Waals surface area contributed by atoms with Gasteiger partial charge in [-0.1, -0.05) is 95.3 Å². The van der Waals surface area contributed by atoms with E-state index in [1.807, 2.05) is 74.5 Å². The number of carbonyl (C=O) groups excluding carboxylic acids is 3. The first-order valence-electron chi connectivity index (χ1n) is 17.9. The first-order chi connectivity index (χ1) is 24.6. The highest BCUT2D eigenvalue weighted by Gasteiger charge is 2.39. The fourth-order valence-corrected chi connectivity index (χ4v) is 7.64. The van der Waals surface area contributed by atoms with Crippen LogP contribution < -0.4 is 16.0 Å². The molecule has 1 heterocycles. The number of nitrogens with one attached hydrogen (secondary N) is 3. The van der Waals surface area contributed by atoms with E-state index in [-0.39, 0.29) is 36.6 Å². The second-order valence-corrected chi connectivity index (χ2v) is 16.8. The summed E-state index contributed by atoms with van der Waals surface area (Å²) in [6.45, 7) is 8.36. The van der Waals surface area contributed by atoms with Crippen LogP contribution in [0.3, 0.4) is 0 Å². The van der Waals surface area contributed by atoms with Crippen LogP contribution in [0.2, 0.25) is 0 Å². The number of aliphatic hydroxyl groups excluding tert-OH is 1. The highest BCUT2D eigenvalue weighted by Crippen LogP contribution is 2.27. The average molecular weight is 743 g/mol. The third-order valence-electron chi connectivity index (χ3n) is 8.86. The van der Waals surface area contributed by atoms with Crippen LogP contribution in [0.1, 0.15) is 71.4 Å². The predicted molar refractivity (Wildman–Crippen MR) is 196 cm³/mol. The molecule has 13 nitrogen and oxygen atoms in total. The standard InChI is InChI=1S/C38H54N4O9S/c1-26(2)23-42(52(47,48)34-25-49-33(51-34)21-28-16-10-7-11-17-28)24-31(43)30(20-27-14-8-6-9-15-27)40-36(45)35(38(3,4)5)41-32(44)22-39-37(46)50-29-18-12-13-19-29/h6-11,14-17,25-26,29-31,33,35,43H,12-13,18-24H2,1-5H3,(H,39,46)(H,40,45)(H,41,44). The molecule has 14 heteroatoms. The molecule has 52 heavy (non-hydrogen) atoms. The minimum Gasteiger partial charge on any atom is -0.457 e. The zero-order valence-corrected chi connectivity index (χ0v) is 31.6. The molecule has 4 unspecified atom stereocenters. The summed E-state index contributed by atoms with van der Waals surface area (Å²) in [5, 5.41) is 19.4. The lowest BCUT2D eigenvalue weighted by molar-refractivity contribution is -0.132. The summed E-state index contributed by atoms with van der Waals surface area (Å²) < 4.78 is 45.7. The molecule has 286 valence electrons. The molecule has 4 N–H and O–H groups in total. The van der Waals surface area contributed by atoms with Gasteiger partial charge in [-0.15, -0.1) is 0 Å². The van der Waals surface area contributed by atoms with Crippen molar-refractivity contribution in [1.29, 1.82) is 0 Å². The van der Waals surface area contributed by atoms with Crippen molar-refractivity contribution in [3.8, 4) is 0 Å². The number of amides is 3.